The highest BCUT2D eigenvalue weighted by Crippen LogP contribution is 2.44. The Morgan fingerprint density at radius 2 is 1.62 bits per heavy atom. The molecule has 0 amide bonds. The lowest BCUT2D eigenvalue weighted by atomic mass is 9.89. The van der Waals surface area contributed by atoms with Crippen LogP contribution < -0.4 is 23.0 Å². The molecular weight excluding hydrogens is 607 g/mol. The van der Waals surface area contributed by atoms with Crippen molar-refractivity contribution in [2.45, 2.75) is 75.9 Å². The van der Waals surface area contributed by atoms with E-state index in [-0.39, 0.29) is 18.3 Å². The van der Waals surface area contributed by atoms with Crippen molar-refractivity contribution in [3.05, 3.63) is 71.4 Å². The summed E-state index contributed by atoms with van der Waals surface area (Å²) in [5.74, 6) is 1.61. The number of alkyl halides is 3. The Hall–Kier alpha value is -3.99. The third-order valence-electron chi connectivity index (χ3n) is 8.48. The zero-order valence-corrected chi connectivity index (χ0v) is 26.0. The lowest BCUT2D eigenvalue weighted by Crippen LogP contribution is -2.41. The normalized spacial score (nSPS) is 13.9. The Balaban J connectivity index is 1.46. The number of nitrogens with zero attached hydrogens (tertiary/aromatic N) is 1. The number of rotatable bonds is 11. The van der Waals surface area contributed by atoms with Crippen LogP contribution in [0.2, 0.25) is 0 Å². The van der Waals surface area contributed by atoms with E-state index in [1.165, 1.54) is 26.4 Å². The van der Waals surface area contributed by atoms with Crippen LogP contribution in [0, 0.1) is 0 Å². The molecule has 2 aliphatic heterocycles. The van der Waals surface area contributed by atoms with E-state index in [2.05, 4.69) is 11.5 Å². The van der Waals surface area contributed by atoms with Crippen molar-refractivity contribution in [1.29, 1.82) is 0 Å². The van der Waals surface area contributed by atoms with Gasteiger partial charge in [-0.2, -0.15) is 26.2 Å². The van der Waals surface area contributed by atoms with Crippen LogP contribution in [0.15, 0.2) is 59.6 Å². The number of benzene rings is 3. The highest BCUT2D eigenvalue weighted by atomic mass is 32.2. The van der Waals surface area contributed by atoms with Crippen LogP contribution in [0.1, 0.15) is 62.1 Å². The van der Waals surface area contributed by atoms with Crippen molar-refractivity contribution in [2.75, 3.05) is 13.9 Å². The van der Waals surface area contributed by atoms with Crippen molar-refractivity contribution in [3.8, 4) is 34.3 Å². The maximum absolute atomic E-state index is 13.4. The quantitative estimate of drug-likeness (QED) is 0.0946. The van der Waals surface area contributed by atoms with Crippen LogP contribution in [-0.2, 0) is 35.7 Å². The molecule has 3 aromatic carbocycles. The molecule has 0 radical (unpaired) electrons. The highest BCUT2D eigenvalue weighted by molar-refractivity contribution is 7.87. The second-order valence-electron chi connectivity index (χ2n) is 11.4. The van der Waals surface area contributed by atoms with Gasteiger partial charge in [0.1, 0.15) is 4.90 Å². The summed E-state index contributed by atoms with van der Waals surface area (Å²) in [6, 6.07) is 10.9. The molecule has 0 spiro atoms. The number of hydrogen-bond donors (Lipinski definition) is 0. The third kappa shape index (κ3) is 6.14. The number of aromatic nitrogens is 1. The molecule has 0 saturated carbocycles. The van der Waals surface area contributed by atoms with E-state index in [9.17, 15) is 21.6 Å². The number of pyridine rings is 1. The van der Waals surface area contributed by atoms with Gasteiger partial charge in [0.05, 0.1) is 23.6 Å². The van der Waals surface area contributed by atoms with Gasteiger partial charge in [-0.3, -0.25) is 0 Å². The average molecular weight is 643 g/mol. The second-order valence-corrected chi connectivity index (χ2v) is 12.9. The summed E-state index contributed by atoms with van der Waals surface area (Å²) in [5.41, 5.74) is 3.34. The van der Waals surface area contributed by atoms with E-state index in [4.69, 9.17) is 18.4 Å². The molecule has 0 unspecified atom stereocenters. The lowest BCUT2D eigenvalue weighted by molar-refractivity contribution is -0.686. The first-order chi connectivity index (χ1) is 21.6. The molecule has 1 aromatic heterocycles. The fourth-order valence-electron chi connectivity index (χ4n) is 6.19. The number of fused-ring (bicyclic) bond motifs is 5. The molecule has 0 aliphatic carbocycles. The average Bonchev–Trinajstić information content (AvgIpc) is 3.48. The Kier molecular flexibility index (Phi) is 8.56. The summed E-state index contributed by atoms with van der Waals surface area (Å²) < 4.78 is 91.0. The van der Waals surface area contributed by atoms with Crippen LogP contribution in [0.5, 0.6) is 23.0 Å². The van der Waals surface area contributed by atoms with Crippen LogP contribution in [-0.4, -0.2) is 22.3 Å². The van der Waals surface area contributed by atoms with E-state index in [1.54, 1.807) is 6.07 Å². The molecule has 0 N–H and O–H groups in total. The van der Waals surface area contributed by atoms with Crippen molar-refractivity contribution in [1.82, 2.24) is 0 Å². The van der Waals surface area contributed by atoms with Gasteiger partial charge < -0.3 is 18.4 Å². The van der Waals surface area contributed by atoms with Crippen LogP contribution in [0.25, 0.3) is 22.0 Å². The van der Waals surface area contributed by atoms with E-state index in [0.29, 0.717) is 17.7 Å². The first kappa shape index (κ1) is 31.0. The van der Waals surface area contributed by atoms with Gasteiger partial charge >= 0.3 is 16.3 Å². The van der Waals surface area contributed by atoms with E-state index < -0.39 is 26.8 Å². The summed E-state index contributed by atoms with van der Waals surface area (Å²) in [4.78, 5) is -0.391. The number of ether oxygens (including phenoxy) is 3. The molecule has 6 rings (SSSR count). The minimum Gasteiger partial charge on any atom is -0.493 e. The molecule has 0 fully saturated rings. The van der Waals surface area contributed by atoms with E-state index in [0.717, 1.165) is 89.9 Å². The Bertz CT molecular complexity index is 1840. The molecule has 238 valence electrons. The van der Waals surface area contributed by atoms with Crippen LogP contribution >= 0.6 is 0 Å². The van der Waals surface area contributed by atoms with Crippen LogP contribution in [0.4, 0.5) is 13.2 Å². The van der Waals surface area contributed by atoms with Crippen molar-refractivity contribution in [2.24, 2.45) is 0 Å². The smallest absolute Gasteiger partial charge is 0.416 e. The van der Waals surface area contributed by atoms with Gasteiger partial charge in [0, 0.05) is 17.4 Å². The first-order valence-corrected chi connectivity index (χ1v) is 16.6. The molecule has 11 heteroatoms. The minimum atomic E-state index is -4.59. The summed E-state index contributed by atoms with van der Waals surface area (Å²) >= 11 is 0. The van der Waals surface area contributed by atoms with Crippen molar-refractivity contribution >= 4 is 20.9 Å². The van der Waals surface area contributed by atoms with Gasteiger partial charge in [0.15, 0.2) is 35.7 Å². The van der Waals surface area contributed by atoms with Gasteiger partial charge in [-0.25, -0.2) is 0 Å². The topological polar surface area (TPSA) is 74.9 Å². The van der Waals surface area contributed by atoms with Crippen molar-refractivity contribution < 1.29 is 44.5 Å². The predicted octanol–water partition coefficient (Wildman–Crippen LogP) is 7.78. The maximum atomic E-state index is 13.4. The number of halogens is 3. The summed E-state index contributed by atoms with van der Waals surface area (Å²) in [6.07, 6.45) is 5.46. The number of unbranched alkanes of at least 4 members (excludes halogenated alkanes) is 5. The number of methoxy groups -OCH3 is 1. The summed E-state index contributed by atoms with van der Waals surface area (Å²) in [5, 5.41) is 1.36. The monoisotopic (exact) mass is 642 g/mol. The Morgan fingerprint density at radius 3 is 2.33 bits per heavy atom. The van der Waals surface area contributed by atoms with E-state index in [1.807, 2.05) is 24.4 Å². The lowest BCUT2D eigenvalue weighted by Gasteiger charge is -2.21. The minimum absolute atomic E-state index is 0.00845. The standard InChI is InChI=1S/C34H35F3NO6S/c1-3-4-5-6-7-8-9-26-25-14-15-29(41-2)33(44-45(39,40)24-12-10-23(11-13-24)34(35,36)37)28(25)20-38-17-16-22-18-30-31(43-21-42-30)19-27(22)32(26)38/h10-15,18-20H,3-9,16-17,21H2,1-2H3/q+1. The predicted molar refractivity (Wildman–Crippen MR) is 162 cm³/mol. The van der Waals surface area contributed by atoms with Crippen molar-refractivity contribution in [3.63, 3.8) is 0 Å². The number of hydrogen-bond acceptors (Lipinski definition) is 6. The fourth-order valence-corrected chi connectivity index (χ4v) is 7.15. The molecule has 3 heterocycles. The Labute approximate surface area is 260 Å². The van der Waals surface area contributed by atoms with Gasteiger partial charge in [-0.15, -0.1) is 0 Å². The largest absolute Gasteiger partial charge is 0.493 e. The SMILES string of the molecule is CCCCCCCCc1c2[n+](cc3c(OS(=O)(=O)c4ccc(C(F)(F)F)cc4)c(OC)ccc13)CCc1cc3c(cc1-2)OCO3. The molecule has 0 saturated heterocycles. The zero-order chi connectivity index (χ0) is 31.8. The summed E-state index contributed by atoms with van der Waals surface area (Å²) in [6.45, 7) is 3.01. The second kappa shape index (κ2) is 12.4. The first-order valence-electron chi connectivity index (χ1n) is 15.2. The van der Waals surface area contributed by atoms with Gasteiger partial charge in [0.2, 0.25) is 12.5 Å². The molecule has 2 aliphatic rings. The Morgan fingerprint density at radius 1 is 0.911 bits per heavy atom. The summed E-state index contributed by atoms with van der Waals surface area (Å²) in [7, 11) is -3.09. The molecule has 0 bridgehead atoms. The number of aryl methyl sites for hydroxylation is 3. The van der Waals surface area contributed by atoms with Gasteiger partial charge in [-0.1, -0.05) is 39.0 Å². The molecule has 4 aromatic rings. The molecule has 45 heavy (non-hydrogen) atoms. The fraction of sp³-hybridized carbons (Fsp3) is 0.382. The highest BCUT2D eigenvalue weighted by Gasteiger charge is 2.34. The third-order valence-corrected chi connectivity index (χ3v) is 9.72. The zero-order valence-electron chi connectivity index (χ0n) is 25.2. The molecule has 0 atom stereocenters. The van der Waals surface area contributed by atoms with Gasteiger partial charge in [0.25, 0.3) is 0 Å². The molecular formula is C34H35F3NO6S+. The van der Waals surface area contributed by atoms with E-state index >= 15 is 0 Å². The van der Waals surface area contributed by atoms with Gasteiger partial charge in [-0.05, 0) is 66.9 Å². The van der Waals surface area contributed by atoms with Crippen LogP contribution in [0.3, 0.4) is 0 Å². The molecule has 7 nitrogen and oxygen atoms in total. The maximum Gasteiger partial charge on any atom is 0.416 e.